The van der Waals surface area contributed by atoms with E-state index in [2.05, 4.69) is 11.4 Å². The maximum Gasteiger partial charge on any atom is 0.263 e. The van der Waals surface area contributed by atoms with Gasteiger partial charge in [-0.15, -0.1) is 22.7 Å². The largest absolute Gasteiger partial charge is 0.378 e. The number of carbonyl (C=O) groups excluding carboxylic acids is 1. The molecular weight excluding hydrogens is 304 g/mol. The monoisotopic (exact) mass is 324 g/mol. The zero-order chi connectivity index (χ0) is 14.7. The van der Waals surface area contributed by atoms with Gasteiger partial charge in [-0.05, 0) is 43.3 Å². The Balaban J connectivity index is 1.54. The van der Waals surface area contributed by atoms with Gasteiger partial charge < -0.3 is 15.4 Å². The molecule has 0 aromatic carbocycles. The average Bonchev–Trinajstić information content (AvgIpc) is 3.09. The van der Waals surface area contributed by atoms with E-state index >= 15 is 0 Å². The number of nitrogens with zero attached hydrogens (tertiary/aromatic N) is 1. The second-order valence-corrected chi connectivity index (χ2v) is 7.30. The zero-order valence-electron chi connectivity index (χ0n) is 11.9. The highest BCUT2D eigenvalue weighted by Crippen LogP contribution is 2.31. The number of nitrogens with two attached hydrogens (primary N) is 1. The lowest BCUT2D eigenvalue weighted by Crippen LogP contribution is -2.40. The number of amides is 1. The fraction of sp³-hybridized carbons (Fsp3) is 0.533. The van der Waals surface area contributed by atoms with Crippen LogP contribution in [0.2, 0.25) is 0 Å². The van der Waals surface area contributed by atoms with E-state index in [1.54, 1.807) is 22.7 Å². The molecule has 0 unspecified atom stereocenters. The van der Waals surface area contributed by atoms with Crippen LogP contribution < -0.4 is 5.73 Å². The van der Waals surface area contributed by atoms with Crippen molar-refractivity contribution in [1.29, 1.82) is 0 Å². The Morgan fingerprint density at radius 2 is 2.19 bits per heavy atom. The zero-order valence-corrected chi connectivity index (χ0v) is 13.5. The number of likely N-dealkylation sites (tertiary alicyclic amines) is 1. The lowest BCUT2D eigenvalue weighted by atomic mass is 10.1. The van der Waals surface area contributed by atoms with Gasteiger partial charge in [0.05, 0.1) is 11.0 Å². The Hall–Kier alpha value is -0.950. The van der Waals surface area contributed by atoms with Crippen LogP contribution in [0.15, 0.2) is 17.5 Å². The molecule has 2 aromatic rings. The van der Waals surface area contributed by atoms with Crippen molar-refractivity contribution in [3.8, 4) is 0 Å². The fourth-order valence-corrected chi connectivity index (χ4v) is 4.66. The second-order valence-electron chi connectivity index (χ2n) is 5.26. The Kier molecular flexibility index (Phi) is 4.90. The van der Waals surface area contributed by atoms with Crippen molar-refractivity contribution >= 4 is 38.0 Å². The molecule has 21 heavy (non-hydrogen) atoms. The topological polar surface area (TPSA) is 55.6 Å². The first-order chi connectivity index (χ1) is 10.3. The van der Waals surface area contributed by atoms with Crippen LogP contribution in [-0.4, -0.2) is 43.2 Å². The second kappa shape index (κ2) is 6.87. The van der Waals surface area contributed by atoms with Gasteiger partial charge in [0.1, 0.15) is 0 Å². The van der Waals surface area contributed by atoms with E-state index in [9.17, 15) is 4.79 Å². The van der Waals surface area contributed by atoms with Crippen LogP contribution in [-0.2, 0) is 4.74 Å². The summed E-state index contributed by atoms with van der Waals surface area (Å²) < 4.78 is 8.20. The van der Waals surface area contributed by atoms with Crippen LogP contribution in [0.25, 0.3) is 9.40 Å². The van der Waals surface area contributed by atoms with Crippen LogP contribution in [0.1, 0.15) is 28.9 Å². The molecule has 3 rings (SSSR count). The third kappa shape index (κ3) is 3.45. The molecule has 1 fully saturated rings. The Labute approximate surface area is 132 Å². The van der Waals surface area contributed by atoms with Crippen molar-refractivity contribution in [2.75, 3.05) is 26.2 Å². The van der Waals surface area contributed by atoms with E-state index < -0.39 is 0 Å². The number of carbonyl (C=O) groups is 1. The lowest BCUT2D eigenvalue weighted by Gasteiger charge is -2.31. The van der Waals surface area contributed by atoms with Gasteiger partial charge in [-0.3, -0.25) is 4.79 Å². The van der Waals surface area contributed by atoms with Crippen LogP contribution in [0.5, 0.6) is 0 Å². The molecule has 0 saturated carbocycles. The highest BCUT2D eigenvalue weighted by Gasteiger charge is 2.25. The number of piperidine rings is 1. The molecule has 1 aliphatic rings. The van der Waals surface area contributed by atoms with E-state index in [0.717, 1.165) is 43.8 Å². The minimum atomic E-state index is 0.170. The molecule has 4 nitrogen and oxygen atoms in total. The van der Waals surface area contributed by atoms with Crippen molar-refractivity contribution < 1.29 is 9.53 Å². The molecule has 3 heterocycles. The van der Waals surface area contributed by atoms with Crippen molar-refractivity contribution in [2.24, 2.45) is 5.73 Å². The van der Waals surface area contributed by atoms with Crippen molar-refractivity contribution in [3.05, 3.63) is 22.4 Å². The van der Waals surface area contributed by atoms with Gasteiger partial charge in [0.15, 0.2) is 0 Å². The van der Waals surface area contributed by atoms with E-state index in [1.165, 1.54) is 9.40 Å². The summed E-state index contributed by atoms with van der Waals surface area (Å²) in [5, 5.41) is 2.07. The van der Waals surface area contributed by atoms with Crippen molar-refractivity contribution in [3.63, 3.8) is 0 Å². The predicted octanol–water partition coefficient (Wildman–Crippen LogP) is 2.93. The lowest BCUT2D eigenvalue weighted by molar-refractivity contribution is 0.00858. The van der Waals surface area contributed by atoms with Crippen LogP contribution in [0.3, 0.4) is 0 Å². The molecule has 2 N–H and O–H groups in total. The van der Waals surface area contributed by atoms with E-state index in [-0.39, 0.29) is 12.0 Å². The molecule has 1 amide bonds. The van der Waals surface area contributed by atoms with Gasteiger partial charge in [0.2, 0.25) is 0 Å². The summed E-state index contributed by atoms with van der Waals surface area (Å²) in [5.74, 6) is 0.170. The first-order valence-corrected chi connectivity index (χ1v) is 9.05. The summed E-state index contributed by atoms with van der Waals surface area (Å²) in [7, 11) is 0. The molecule has 2 aromatic heterocycles. The van der Waals surface area contributed by atoms with Gasteiger partial charge in [0.25, 0.3) is 5.91 Å². The van der Waals surface area contributed by atoms with Crippen LogP contribution in [0, 0.1) is 0 Å². The quantitative estimate of drug-likeness (QED) is 0.860. The Morgan fingerprint density at radius 1 is 1.38 bits per heavy atom. The molecule has 1 saturated heterocycles. The van der Waals surface area contributed by atoms with Gasteiger partial charge in [-0.1, -0.05) is 0 Å². The number of ether oxygens (including phenoxy) is 1. The third-order valence-electron chi connectivity index (χ3n) is 3.78. The summed E-state index contributed by atoms with van der Waals surface area (Å²) in [6, 6.07) is 4.11. The Morgan fingerprint density at radius 3 is 2.90 bits per heavy atom. The normalized spacial score (nSPS) is 16.7. The van der Waals surface area contributed by atoms with E-state index in [0.29, 0.717) is 6.54 Å². The van der Waals surface area contributed by atoms with Crippen molar-refractivity contribution in [1.82, 2.24) is 4.90 Å². The number of rotatable bonds is 5. The first-order valence-electron chi connectivity index (χ1n) is 7.36. The van der Waals surface area contributed by atoms with E-state index in [4.69, 9.17) is 10.5 Å². The predicted molar refractivity (Wildman–Crippen MR) is 88.3 cm³/mol. The standard InChI is InChI=1S/C15H20N2O2S2/c16-5-1-8-19-11-2-6-17(7-3-11)15(18)14-10-13-12(21-14)4-9-20-13/h4,9-11H,1-3,5-8,16H2. The highest BCUT2D eigenvalue weighted by molar-refractivity contribution is 7.27. The minimum absolute atomic E-state index is 0.170. The van der Waals surface area contributed by atoms with Crippen LogP contribution >= 0.6 is 22.7 Å². The third-order valence-corrected chi connectivity index (χ3v) is 5.86. The summed E-state index contributed by atoms with van der Waals surface area (Å²) >= 11 is 3.29. The molecule has 1 aliphatic heterocycles. The van der Waals surface area contributed by atoms with Gasteiger partial charge in [-0.2, -0.15) is 0 Å². The fourth-order valence-electron chi connectivity index (χ4n) is 2.59. The molecule has 0 bridgehead atoms. The SMILES string of the molecule is NCCCOC1CCN(C(=O)c2cc3sccc3s2)CC1. The summed E-state index contributed by atoms with van der Waals surface area (Å²) in [5.41, 5.74) is 5.46. The molecule has 0 atom stereocenters. The van der Waals surface area contributed by atoms with Gasteiger partial charge >= 0.3 is 0 Å². The molecule has 6 heteroatoms. The van der Waals surface area contributed by atoms with E-state index in [1.807, 2.05) is 11.0 Å². The maximum absolute atomic E-state index is 12.5. The number of fused-ring (bicyclic) bond motifs is 1. The van der Waals surface area contributed by atoms with Gasteiger partial charge in [0, 0.05) is 29.1 Å². The molecule has 0 spiro atoms. The first kappa shape index (κ1) is 15.0. The molecule has 0 radical (unpaired) electrons. The number of hydrogen-bond acceptors (Lipinski definition) is 5. The summed E-state index contributed by atoms with van der Waals surface area (Å²) in [6.45, 7) is 2.98. The smallest absolute Gasteiger partial charge is 0.263 e. The average molecular weight is 324 g/mol. The minimum Gasteiger partial charge on any atom is -0.378 e. The molecule has 0 aliphatic carbocycles. The number of hydrogen-bond donors (Lipinski definition) is 1. The van der Waals surface area contributed by atoms with Crippen molar-refractivity contribution in [2.45, 2.75) is 25.4 Å². The van der Waals surface area contributed by atoms with Crippen LogP contribution in [0.4, 0.5) is 0 Å². The highest BCUT2D eigenvalue weighted by atomic mass is 32.1. The molecule has 114 valence electrons. The number of thiophene rings is 2. The molecular formula is C15H20N2O2S2. The summed E-state index contributed by atoms with van der Waals surface area (Å²) in [6.07, 6.45) is 3.05. The van der Waals surface area contributed by atoms with Gasteiger partial charge in [-0.25, -0.2) is 0 Å². The maximum atomic E-state index is 12.5. The Bertz CT molecular complexity index is 571. The summed E-state index contributed by atoms with van der Waals surface area (Å²) in [4.78, 5) is 15.3.